The minimum Gasteiger partial charge on any atom is -0.451 e. The van der Waals surface area contributed by atoms with Gasteiger partial charge < -0.3 is 10.2 Å². The molecule has 14 heavy (non-hydrogen) atoms. The highest BCUT2D eigenvalue weighted by Crippen LogP contribution is 2.18. The number of halogens is 1. The van der Waals surface area contributed by atoms with Crippen LogP contribution >= 0.6 is 12.4 Å². The van der Waals surface area contributed by atoms with E-state index in [1.165, 1.54) is 19.2 Å². The Labute approximate surface area is 89.9 Å². The zero-order valence-corrected chi connectivity index (χ0v) is 8.87. The first-order valence-corrected chi connectivity index (χ1v) is 4.71. The van der Waals surface area contributed by atoms with E-state index in [1.54, 1.807) is 6.26 Å². The van der Waals surface area contributed by atoms with Gasteiger partial charge in [0.1, 0.15) is 6.26 Å². The van der Waals surface area contributed by atoms with Gasteiger partial charge >= 0.3 is 0 Å². The summed E-state index contributed by atoms with van der Waals surface area (Å²) in [5, 5.41) is 0. The second-order valence-corrected chi connectivity index (χ2v) is 3.48. The Morgan fingerprint density at radius 3 is 3.14 bits per heavy atom. The quantitative estimate of drug-likeness (QED) is 0.822. The van der Waals surface area contributed by atoms with E-state index in [2.05, 4.69) is 9.88 Å². The van der Waals surface area contributed by atoms with Crippen molar-refractivity contribution in [2.24, 2.45) is 5.73 Å². The van der Waals surface area contributed by atoms with Crippen molar-refractivity contribution in [2.75, 3.05) is 13.1 Å². The number of nitrogens with two attached hydrogens (primary N) is 1. The minimum absolute atomic E-state index is 0. The van der Waals surface area contributed by atoms with Gasteiger partial charge in [0, 0.05) is 19.1 Å². The average Bonchev–Trinajstić information content (AvgIpc) is 2.76. The maximum absolute atomic E-state index is 5.67. The van der Waals surface area contributed by atoms with Crippen molar-refractivity contribution in [1.29, 1.82) is 0 Å². The van der Waals surface area contributed by atoms with Gasteiger partial charge in [-0.25, -0.2) is 4.98 Å². The number of rotatable bonds is 3. The molecule has 1 unspecified atom stereocenters. The van der Waals surface area contributed by atoms with E-state index in [9.17, 15) is 0 Å². The van der Waals surface area contributed by atoms with Crippen LogP contribution in [-0.2, 0) is 6.54 Å². The molecule has 2 heterocycles. The van der Waals surface area contributed by atoms with Gasteiger partial charge in [-0.2, -0.15) is 0 Å². The first-order chi connectivity index (χ1) is 6.40. The molecule has 5 heteroatoms. The normalized spacial score (nSPS) is 22.2. The largest absolute Gasteiger partial charge is 0.451 e. The third kappa shape index (κ3) is 2.47. The van der Waals surface area contributed by atoms with E-state index < -0.39 is 0 Å². The molecule has 1 aromatic heterocycles. The summed E-state index contributed by atoms with van der Waals surface area (Å²) in [6.07, 6.45) is 5.64. The van der Waals surface area contributed by atoms with Crippen LogP contribution in [0.25, 0.3) is 0 Å². The molecule has 0 aromatic carbocycles. The molecule has 1 fully saturated rings. The zero-order valence-electron chi connectivity index (χ0n) is 8.06. The highest BCUT2D eigenvalue weighted by Gasteiger charge is 2.23. The van der Waals surface area contributed by atoms with E-state index in [4.69, 9.17) is 10.2 Å². The topological polar surface area (TPSA) is 55.3 Å². The predicted octanol–water partition coefficient (Wildman–Crippen LogP) is 1.02. The third-order valence-corrected chi connectivity index (χ3v) is 2.62. The van der Waals surface area contributed by atoms with Crippen molar-refractivity contribution >= 4 is 12.4 Å². The summed E-state index contributed by atoms with van der Waals surface area (Å²) in [5.41, 5.74) is 6.67. The number of hydrogen-bond acceptors (Lipinski definition) is 4. The maximum Gasteiger partial charge on any atom is 0.180 e. The van der Waals surface area contributed by atoms with E-state index in [1.807, 2.05) is 0 Å². The smallest absolute Gasteiger partial charge is 0.180 e. The molecule has 1 aliphatic rings. The van der Waals surface area contributed by atoms with E-state index in [0.717, 1.165) is 25.3 Å². The molecule has 0 radical (unpaired) electrons. The number of hydrogen-bond donors (Lipinski definition) is 1. The van der Waals surface area contributed by atoms with Gasteiger partial charge in [0.2, 0.25) is 0 Å². The second kappa shape index (κ2) is 5.34. The molecule has 1 aliphatic heterocycles. The Bertz CT molecular complexity index is 253. The third-order valence-electron chi connectivity index (χ3n) is 2.62. The molecule has 1 aromatic rings. The van der Waals surface area contributed by atoms with Gasteiger partial charge in [0.05, 0.1) is 5.69 Å². The Balaban J connectivity index is 0.000000980. The van der Waals surface area contributed by atoms with E-state index in [0.29, 0.717) is 6.04 Å². The van der Waals surface area contributed by atoms with Crippen LogP contribution in [0.2, 0.25) is 0 Å². The zero-order chi connectivity index (χ0) is 9.10. The fraction of sp³-hybridized carbons (Fsp3) is 0.667. The SMILES string of the molecule is Cl.NCC1CCCN1Cc1cocn1. The molecule has 0 amide bonds. The monoisotopic (exact) mass is 217 g/mol. The average molecular weight is 218 g/mol. The van der Waals surface area contributed by atoms with Gasteiger partial charge in [0.25, 0.3) is 0 Å². The Morgan fingerprint density at radius 2 is 2.50 bits per heavy atom. The van der Waals surface area contributed by atoms with Gasteiger partial charge in [-0.3, -0.25) is 4.90 Å². The summed E-state index contributed by atoms with van der Waals surface area (Å²) in [6, 6.07) is 0.539. The predicted molar refractivity (Wildman–Crippen MR) is 56.2 cm³/mol. The van der Waals surface area contributed by atoms with Gasteiger partial charge in [0.15, 0.2) is 6.39 Å². The number of likely N-dealkylation sites (tertiary alicyclic amines) is 1. The molecule has 0 bridgehead atoms. The summed E-state index contributed by atoms with van der Waals surface area (Å²) >= 11 is 0. The van der Waals surface area contributed by atoms with Crippen molar-refractivity contribution in [3.63, 3.8) is 0 Å². The van der Waals surface area contributed by atoms with Crippen LogP contribution in [0.1, 0.15) is 18.5 Å². The molecule has 2 rings (SSSR count). The van der Waals surface area contributed by atoms with Gasteiger partial charge in [-0.05, 0) is 19.4 Å². The summed E-state index contributed by atoms with van der Waals surface area (Å²) < 4.78 is 4.92. The standard InChI is InChI=1S/C9H15N3O.ClH/c10-4-9-2-1-3-12(9)5-8-6-13-7-11-8;/h6-7,9H,1-5,10H2;1H. The van der Waals surface area contributed by atoms with Gasteiger partial charge in [-0.15, -0.1) is 12.4 Å². The number of oxazole rings is 1. The lowest BCUT2D eigenvalue weighted by Gasteiger charge is -2.21. The van der Waals surface area contributed by atoms with Crippen molar-refractivity contribution in [3.8, 4) is 0 Å². The molecule has 4 nitrogen and oxygen atoms in total. The van der Waals surface area contributed by atoms with E-state index in [-0.39, 0.29) is 12.4 Å². The number of nitrogens with zero attached hydrogens (tertiary/aromatic N) is 2. The fourth-order valence-electron chi connectivity index (χ4n) is 1.89. The Morgan fingerprint density at radius 1 is 1.64 bits per heavy atom. The Kier molecular flexibility index (Phi) is 4.38. The lowest BCUT2D eigenvalue weighted by Crippen LogP contribution is -2.34. The van der Waals surface area contributed by atoms with Crippen LogP contribution in [0.4, 0.5) is 0 Å². The fourth-order valence-corrected chi connectivity index (χ4v) is 1.89. The van der Waals surface area contributed by atoms with Crippen molar-refractivity contribution < 1.29 is 4.42 Å². The Hall–Kier alpha value is -0.580. The summed E-state index contributed by atoms with van der Waals surface area (Å²) in [5.74, 6) is 0. The number of aromatic nitrogens is 1. The van der Waals surface area contributed by atoms with Crippen LogP contribution in [0.3, 0.4) is 0 Å². The molecule has 1 saturated heterocycles. The van der Waals surface area contributed by atoms with Crippen LogP contribution < -0.4 is 5.73 Å². The molecular weight excluding hydrogens is 202 g/mol. The maximum atomic E-state index is 5.67. The van der Waals surface area contributed by atoms with Gasteiger partial charge in [-0.1, -0.05) is 0 Å². The highest BCUT2D eigenvalue weighted by molar-refractivity contribution is 5.85. The van der Waals surface area contributed by atoms with Crippen LogP contribution in [-0.4, -0.2) is 29.0 Å². The molecule has 2 N–H and O–H groups in total. The first-order valence-electron chi connectivity index (χ1n) is 4.71. The second-order valence-electron chi connectivity index (χ2n) is 3.48. The van der Waals surface area contributed by atoms with Crippen molar-refractivity contribution in [2.45, 2.75) is 25.4 Å². The van der Waals surface area contributed by atoms with Crippen molar-refractivity contribution in [1.82, 2.24) is 9.88 Å². The lowest BCUT2D eigenvalue weighted by molar-refractivity contribution is 0.247. The summed E-state index contributed by atoms with van der Waals surface area (Å²) in [6.45, 7) is 2.75. The van der Waals surface area contributed by atoms with Crippen LogP contribution in [0, 0.1) is 0 Å². The molecule has 80 valence electrons. The molecular formula is C9H16ClN3O. The minimum atomic E-state index is 0. The summed E-state index contributed by atoms with van der Waals surface area (Å²) in [4.78, 5) is 6.47. The lowest BCUT2D eigenvalue weighted by atomic mass is 10.2. The van der Waals surface area contributed by atoms with Crippen molar-refractivity contribution in [3.05, 3.63) is 18.4 Å². The summed E-state index contributed by atoms with van der Waals surface area (Å²) in [7, 11) is 0. The van der Waals surface area contributed by atoms with Crippen LogP contribution in [0.15, 0.2) is 17.1 Å². The molecule has 0 spiro atoms. The van der Waals surface area contributed by atoms with E-state index >= 15 is 0 Å². The van der Waals surface area contributed by atoms with Crippen LogP contribution in [0.5, 0.6) is 0 Å². The molecule has 1 atom stereocenters. The first kappa shape index (κ1) is 11.5. The molecule has 0 saturated carbocycles. The molecule has 0 aliphatic carbocycles. The highest BCUT2D eigenvalue weighted by atomic mass is 35.5.